The smallest absolute Gasteiger partial charge is 0.326 e. The molecule has 0 aromatic heterocycles. The van der Waals surface area contributed by atoms with E-state index in [0.29, 0.717) is 5.56 Å². The molecule has 0 spiro atoms. The zero-order valence-electron chi connectivity index (χ0n) is 18.5. The van der Waals surface area contributed by atoms with Gasteiger partial charge in [-0.1, -0.05) is 12.1 Å². The monoisotopic (exact) mass is 512 g/mol. The zero-order chi connectivity index (χ0) is 26.7. The molecule has 0 bridgehead atoms. The molecule has 4 unspecified atom stereocenters. The van der Waals surface area contributed by atoms with Crippen molar-refractivity contribution in [3.63, 3.8) is 0 Å². The van der Waals surface area contributed by atoms with E-state index in [0.717, 1.165) is 0 Å². The van der Waals surface area contributed by atoms with Gasteiger partial charge in [0, 0.05) is 12.2 Å². The molecular formula is C20H28N6O8S. The van der Waals surface area contributed by atoms with Crippen LogP contribution in [0.1, 0.15) is 18.4 Å². The Balaban J connectivity index is 3.18. The molecule has 0 radical (unpaired) electrons. The topological polar surface area (TPSA) is 257 Å². The number of nitrogens with one attached hydrogen (secondary N) is 3. The predicted octanol–water partition coefficient (Wildman–Crippen LogP) is -3.52. The van der Waals surface area contributed by atoms with Crippen LogP contribution in [0.15, 0.2) is 24.3 Å². The molecule has 14 nitrogen and oxygen atoms in total. The summed E-state index contributed by atoms with van der Waals surface area (Å²) in [6.07, 6.45) is -1.51. The van der Waals surface area contributed by atoms with Gasteiger partial charge < -0.3 is 43.4 Å². The molecule has 0 saturated carbocycles. The number of carboxylic acids is 1. The highest BCUT2D eigenvalue weighted by Gasteiger charge is 2.31. The van der Waals surface area contributed by atoms with Crippen molar-refractivity contribution in [3.05, 3.63) is 29.8 Å². The summed E-state index contributed by atoms with van der Waals surface area (Å²) in [4.78, 5) is 71.8. The maximum Gasteiger partial charge on any atom is 0.326 e. The molecule has 0 aliphatic carbocycles. The summed E-state index contributed by atoms with van der Waals surface area (Å²) in [7, 11) is 0. The van der Waals surface area contributed by atoms with Crippen LogP contribution in [-0.2, 0) is 35.2 Å². The average molecular weight is 513 g/mol. The van der Waals surface area contributed by atoms with Crippen LogP contribution in [0.25, 0.3) is 0 Å². The van der Waals surface area contributed by atoms with Crippen LogP contribution in [0.5, 0.6) is 5.75 Å². The van der Waals surface area contributed by atoms with E-state index in [-0.39, 0.29) is 17.9 Å². The van der Waals surface area contributed by atoms with Gasteiger partial charge in [0.15, 0.2) is 0 Å². The van der Waals surface area contributed by atoms with E-state index in [1.807, 2.05) is 0 Å². The second kappa shape index (κ2) is 13.8. The Morgan fingerprint density at radius 1 is 0.800 bits per heavy atom. The molecule has 192 valence electrons. The molecule has 35 heavy (non-hydrogen) atoms. The summed E-state index contributed by atoms with van der Waals surface area (Å²) in [6.45, 7) is 0. The number of phenols is 1. The molecule has 0 saturated heterocycles. The van der Waals surface area contributed by atoms with Crippen molar-refractivity contribution in [2.24, 2.45) is 17.2 Å². The van der Waals surface area contributed by atoms with Gasteiger partial charge in [0.2, 0.25) is 29.5 Å². The maximum absolute atomic E-state index is 12.9. The number of aliphatic carboxylic acids is 1. The van der Waals surface area contributed by atoms with E-state index < -0.39 is 72.5 Å². The van der Waals surface area contributed by atoms with E-state index in [1.165, 1.54) is 24.3 Å². The number of carbonyl (C=O) groups is 6. The minimum atomic E-state index is -1.67. The van der Waals surface area contributed by atoms with Gasteiger partial charge in [-0.2, -0.15) is 12.6 Å². The highest BCUT2D eigenvalue weighted by atomic mass is 32.1. The van der Waals surface area contributed by atoms with E-state index in [1.54, 1.807) is 0 Å². The lowest BCUT2D eigenvalue weighted by molar-refractivity contribution is -0.143. The molecule has 1 rings (SSSR count). The van der Waals surface area contributed by atoms with Gasteiger partial charge in [0.05, 0.1) is 18.9 Å². The Bertz CT molecular complexity index is 957. The fourth-order valence-corrected chi connectivity index (χ4v) is 2.96. The first-order chi connectivity index (χ1) is 16.3. The lowest BCUT2D eigenvalue weighted by Gasteiger charge is -2.24. The molecule has 0 aliphatic heterocycles. The number of phenolic OH excluding ortho intramolecular Hbond substituents is 1. The first-order valence-electron chi connectivity index (χ1n) is 10.2. The van der Waals surface area contributed by atoms with Crippen molar-refractivity contribution < 1.29 is 39.0 Å². The lowest BCUT2D eigenvalue weighted by Crippen LogP contribution is -2.58. The Kier molecular flexibility index (Phi) is 11.5. The van der Waals surface area contributed by atoms with Crippen LogP contribution in [0, 0.1) is 0 Å². The van der Waals surface area contributed by atoms with Crippen molar-refractivity contribution in [2.75, 3.05) is 5.75 Å². The van der Waals surface area contributed by atoms with Gasteiger partial charge in [0.25, 0.3) is 0 Å². The van der Waals surface area contributed by atoms with Gasteiger partial charge >= 0.3 is 5.97 Å². The van der Waals surface area contributed by atoms with Gasteiger partial charge in [-0.3, -0.25) is 24.0 Å². The summed E-state index contributed by atoms with van der Waals surface area (Å²) in [5.74, 6) is -6.34. The number of benzene rings is 1. The molecule has 15 heteroatoms. The molecule has 5 amide bonds. The first kappa shape index (κ1) is 29.2. The fraction of sp³-hybridized carbons (Fsp3) is 0.400. The first-order valence-corrected chi connectivity index (χ1v) is 10.8. The second-order valence-corrected chi connectivity index (χ2v) is 7.89. The largest absolute Gasteiger partial charge is 0.508 e. The van der Waals surface area contributed by atoms with Crippen molar-refractivity contribution in [2.45, 2.75) is 43.4 Å². The maximum atomic E-state index is 12.9. The summed E-state index contributed by atoms with van der Waals surface area (Å²) in [6, 6.07) is -0.128. The van der Waals surface area contributed by atoms with E-state index in [4.69, 9.17) is 17.2 Å². The summed E-state index contributed by atoms with van der Waals surface area (Å²) < 4.78 is 0. The lowest BCUT2D eigenvalue weighted by atomic mass is 10.0. The molecule has 0 fully saturated rings. The van der Waals surface area contributed by atoms with Gasteiger partial charge in [-0.15, -0.1) is 0 Å². The average Bonchev–Trinajstić information content (AvgIpc) is 2.77. The van der Waals surface area contributed by atoms with Crippen LogP contribution < -0.4 is 33.2 Å². The number of thiol groups is 1. The molecule has 1 aromatic rings. The van der Waals surface area contributed by atoms with Crippen molar-refractivity contribution in [1.29, 1.82) is 0 Å². The number of primary amides is 2. The van der Waals surface area contributed by atoms with Crippen molar-refractivity contribution in [1.82, 2.24) is 16.0 Å². The number of aromatic hydroxyl groups is 1. The number of carbonyl (C=O) groups excluding carboxylic acids is 5. The van der Waals surface area contributed by atoms with Gasteiger partial charge in [0.1, 0.15) is 23.9 Å². The molecular weight excluding hydrogens is 484 g/mol. The third-order valence-corrected chi connectivity index (χ3v) is 4.99. The third-order valence-electron chi connectivity index (χ3n) is 4.60. The van der Waals surface area contributed by atoms with Gasteiger partial charge in [-0.05, 0) is 17.7 Å². The number of rotatable bonds is 14. The van der Waals surface area contributed by atoms with Crippen LogP contribution in [0.4, 0.5) is 0 Å². The molecule has 11 N–H and O–H groups in total. The van der Waals surface area contributed by atoms with E-state index >= 15 is 0 Å². The minimum Gasteiger partial charge on any atom is -0.508 e. The summed E-state index contributed by atoms with van der Waals surface area (Å²) >= 11 is 3.89. The van der Waals surface area contributed by atoms with E-state index in [9.17, 15) is 39.0 Å². The highest BCUT2D eigenvalue weighted by Crippen LogP contribution is 2.12. The van der Waals surface area contributed by atoms with Crippen molar-refractivity contribution >= 4 is 48.1 Å². The van der Waals surface area contributed by atoms with Crippen LogP contribution in [-0.4, -0.2) is 75.6 Å². The number of hydrogen-bond acceptors (Lipinski definition) is 9. The number of nitrogens with two attached hydrogens (primary N) is 3. The molecule has 1 aromatic carbocycles. The number of hydrogen-bond donors (Lipinski definition) is 9. The number of amides is 5. The normalized spacial score (nSPS) is 14.0. The molecule has 0 heterocycles. The molecule has 0 aliphatic rings. The minimum absolute atomic E-state index is 0.0565. The third kappa shape index (κ3) is 10.3. The Morgan fingerprint density at radius 3 is 1.74 bits per heavy atom. The fourth-order valence-electron chi connectivity index (χ4n) is 2.80. The quantitative estimate of drug-likeness (QED) is 0.112. The Labute approximate surface area is 205 Å². The number of carboxylic acid groups (broad SMARTS) is 1. The highest BCUT2D eigenvalue weighted by molar-refractivity contribution is 7.80. The Morgan fingerprint density at radius 2 is 1.26 bits per heavy atom. The second-order valence-electron chi connectivity index (χ2n) is 7.52. The standard InChI is InChI=1S/C20H28N6O8S/c21-11(8-35)17(30)24-13(6-15(22)28)19(32)25-12(5-9-1-3-10(27)4-2-9)18(31)26-14(20(33)34)7-16(23)29/h1-4,11-14,27,35H,5-8,21H2,(H2,22,28)(H2,23,29)(H,24,30)(H,25,32)(H,26,31)(H,33,34). The molecule has 4 atom stereocenters. The predicted molar refractivity (Wildman–Crippen MR) is 125 cm³/mol. The van der Waals surface area contributed by atoms with E-state index in [2.05, 4.69) is 28.6 Å². The summed E-state index contributed by atoms with van der Waals surface area (Å²) in [5.41, 5.74) is 16.2. The van der Waals surface area contributed by atoms with Crippen LogP contribution >= 0.6 is 12.6 Å². The van der Waals surface area contributed by atoms with Crippen LogP contribution in [0.3, 0.4) is 0 Å². The zero-order valence-corrected chi connectivity index (χ0v) is 19.4. The van der Waals surface area contributed by atoms with Crippen molar-refractivity contribution in [3.8, 4) is 5.75 Å². The SMILES string of the molecule is NC(=O)CC(NC(=O)C(Cc1ccc(O)cc1)NC(=O)C(CC(N)=O)NC(=O)C(N)CS)C(=O)O. The van der Waals surface area contributed by atoms with Crippen LogP contribution in [0.2, 0.25) is 0 Å². The summed E-state index contributed by atoms with van der Waals surface area (Å²) in [5, 5.41) is 25.4. The van der Waals surface area contributed by atoms with Gasteiger partial charge in [-0.25, -0.2) is 4.79 Å². The Hall–Kier alpha value is -3.85.